The third kappa shape index (κ3) is 5.01. The normalized spacial score (nSPS) is 13.1. The summed E-state index contributed by atoms with van der Waals surface area (Å²) >= 11 is 7.23. The number of carbonyl (C=O) groups excluding carboxylic acids is 2. The Morgan fingerprint density at radius 2 is 1.70 bits per heavy atom. The zero-order valence-electron chi connectivity index (χ0n) is 12.5. The maximum Gasteiger partial charge on any atom is 0.244 e. The van der Waals surface area contributed by atoms with E-state index in [1.807, 2.05) is 18.2 Å². The van der Waals surface area contributed by atoms with Gasteiger partial charge >= 0.3 is 0 Å². The van der Waals surface area contributed by atoms with Gasteiger partial charge in [-0.1, -0.05) is 41.9 Å². The van der Waals surface area contributed by atoms with Crippen molar-refractivity contribution >= 4 is 35.2 Å². The van der Waals surface area contributed by atoms with Gasteiger partial charge in [0, 0.05) is 9.92 Å². The van der Waals surface area contributed by atoms with Crippen LogP contribution in [-0.2, 0) is 9.59 Å². The van der Waals surface area contributed by atoms with Gasteiger partial charge < -0.3 is 11.1 Å². The molecule has 2 aromatic rings. The second-order valence-corrected chi connectivity index (χ2v) is 6.82. The highest BCUT2D eigenvalue weighted by atomic mass is 35.5. The van der Waals surface area contributed by atoms with Gasteiger partial charge in [-0.3, -0.25) is 9.59 Å². The second kappa shape index (κ2) is 8.04. The predicted molar refractivity (Wildman–Crippen MR) is 93.3 cm³/mol. The Labute approximate surface area is 144 Å². The molecule has 4 nitrogen and oxygen atoms in total. The van der Waals surface area contributed by atoms with Crippen LogP contribution in [-0.4, -0.2) is 17.1 Å². The molecule has 23 heavy (non-hydrogen) atoms. The van der Waals surface area contributed by atoms with E-state index < -0.39 is 11.9 Å². The quantitative estimate of drug-likeness (QED) is 0.787. The zero-order chi connectivity index (χ0) is 16.8. The maximum atomic E-state index is 12.3. The van der Waals surface area contributed by atoms with Gasteiger partial charge in [0.15, 0.2) is 0 Å². The standard InChI is InChI=1S/C17H17ClN2O2S/c1-11(23-14-9-7-13(18)8-10-14)17(22)20-15(16(19)21)12-5-3-2-4-6-12/h2-11,15H,1H3,(H2,19,21)(H,20,22). The van der Waals surface area contributed by atoms with Crippen LogP contribution in [0, 0.1) is 0 Å². The molecule has 0 fully saturated rings. The minimum atomic E-state index is -0.836. The Kier molecular flexibility index (Phi) is 6.07. The molecule has 2 unspecified atom stereocenters. The van der Waals surface area contributed by atoms with Crippen molar-refractivity contribution in [2.24, 2.45) is 5.73 Å². The average Bonchev–Trinajstić information content (AvgIpc) is 2.55. The van der Waals surface area contributed by atoms with Gasteiger partial charge in [-0.15, -0.1) is 11.8 Å². The van der Waals surface area contributed by atoms with Gasteiger partial charge in [-0.2, -0.15) is 0 Å². The second-order valence-electron chi connectivity index (χ2n) is 4.97. The van der Waals surface area contributed by atoms with E-state index in [2.05, 4.69) is 5.32 Å². The Morgan fingerprint density at radius 3 is 2.26 bits per heavy atom. The number of nitrogens with one attached hydrogen (secondary N) is 1. The number of thioether (sulfide) groups is 1. The van der Waals surface area contributed by atoms with E-state index in [1.165, 1.54) is 11.8 Å². The number of amides is 2. The summed E-state index contributed by atoms with van der Waals surface area (Å²) in [7, 11) is 0. The molecule has 0 saturated heterocycles. The molecular formula is C17H17ClN2O2S. The summed E-state index contributed by atoms with van der Waals surface area (Å²) in [5.74, 6) is -0.842. The number of primary amides is 1. The van der Waals surface area contributed by atoms with Crippen LogP contribution in [0.3, 0.4) is 0 Å². The van der Waals surface area contributed by atoms with Crippen molar-refractivity contribution in [2.75, 3.05) is 0 Å². The van der Waals surface area contributed by atoms with Gasteiger partial charge in [-0.05, 0) is 36.8 Å². The van der Waals surface area contributed by atoms with E-state index in [9.17, 15) is 9.59 Å². The summed E-state index contributed by atoms with van der Waals surface area (Å²) in [6.07, 6.45) is 0. The van der Waals surface area contributed by atoms with Crippen LogP contribution < -0.4 is 11.1 Å². The van der Waals surface area contributed by atoms with Gasteiger partial charge in [0.2, 0.25) is 11.8 Å². The Morgan fingerprint density at radius 1 is 1.09 bits per heavy atom. The number of carbonyl (C=O) groups is 2. The number of nitrogens with two attached hydrogens (primary N) is 1. The van der Waals surface area contributed by atoms with Gasteiger partial charge in [0.25, 0.3) is 0 Å². The van der Waals surface area contributed by atoms with E-state index in [0.29, 0.717) is 10.6 Å². The van der Waals surface area contributed by atoms with E-state index in [1.54, 1.807) is 43.3 Å². The minimum absolute atomic E-state index is 0.252. The van der Waals surface area contributed by atoms with Crippen LogP contribution >= 0.6 is 23.4 Å². The zero-order valence-corrected chi connectivity index (χ0v) is 14.1. The van der Waals surface area contributed by atoms with Crippen molar-refractivity contribution in [3.8, 4) is 0 Å². The lowest BCUT2D eigenvalue weighted by molar-refractivity contribution is -0.127. The largest absolute Gasteiger partial charge is 0.368 e. The molecule has 0 spiro atoms. The smallest absolute Gasteiger partial charge is 0.244 e. The molecule has 0 aliphatic carbocycles. The molecule has 2 amide bonds. The van der Waals surface area contributed by atoms with E-state index in [4.69, 9.17) is 17.3 Å². The molecule has 0 aliphatic heterocycles. The maximum absolute atomic E-state index is 12.3. The summed E-state index contributed by atoms with van der Waals surface area (Å²) in [6, 6.07) is 15.3. The third-order valence-corrected chi connectivity index (χ3v) is 4.56. The van der Waals surface area contributed by atoms with Crippen molar-refractivity contribution < 1.29 is 9.59 Å². The fraction of sp³-hybridized carbons (Fsp3) is 0.176. The summed E-state index contributed by atoms with van der Waals surface area (Å²) in [5.41, 5.74) is 6.08. The first kappa shape index (κ1) is 17.4. The van der Waals surface area contributed by atoms with Crippen molar-refractivity contribution in [1.82, 2.24) is 5.32 Å². The van der Waals surface area contributed by atoms with Crippen LogP contribution in [0.1, 0.15) is 18.5 Å². The first-order valence-corrected chi connectivity index (χ1v) is 8.30. The summed E-state index contributed by atoms with van der Waals surface area (Å²) in [5, 5.41) is 2.97. The van der Waals surface area contributed by atoms with Crippen LogP contribution in [0.5, 0.6) is 0 Å². The lowest BCUT2D eigenvalue weighted by Crippen LogP contribution is -2.40. The predicted octanol–water partition coefficient (Wildman–Crippen LogP) is 3.16. The van der Waals surface area contributed by atoms with Crippen LogP contribution in [0.15, 0.2) is 59.5 Å². The third-order valence-electron chi connectivity index (χ3n) is 3.20. The SMILES string of the molecule is CC(Sc1ccc(Cl)cc1)C(=O)NC(C(N)=O)c1ccccc1. The van der Waals surface area contributed by atoms with E-state index >= 15 is 0 Å². The van der Waals surface area contributed by atoms with E-state index in [0.717, 1.165) is 4.90 Å². The highest BCUT2D eigenvalue weighted by molar-refractivity contribution is 8.00. The average molecular weight is 349 g/mol. The minimum Gasteiger partial charge on any atom is -0.368 e. The molecule has 120 valence electrons. The van der Waals surface area contributed by atoms with Gasteiger partial charge in [-0.25, -0.2) is 0 Å². The monoisotopic (exact) mass is 348 g/mol. The molecule has 0 bridgehead atoms. The highest BCUT2D eigenvalue weighted by Gasteiger charge is 2.23. The summed E-state index contributed by atoms with van der Waals surface area (Å²) < 4.78 is 0. The molecule has 0 saturated carbocycles. The van der Waals surface area contributed by atoms with E-state index in [-0.39, 0.29) is 11.2 Å². The summed E-state index contributed by atoms with van der Waals surface area (Å²) in [6.45, 7) is 1.78. The van der Waals surface area contributed by atoms with Crippen molar-refractivity contribution in [3.63, 3.8) is 0 Å². The highest BCUT2D eigenvalue weighted by Crippen LogP contribution is 2.25. The molecule has 0 radical (unpaired) electrons. The van der Waals surface area contributed by atoms with Crippen LogP contribution in [0.25, 0.3) is 0 Å². The number of halogens is 1. The topological polar surface area (TPSA) is 72.2 Å². The van der Waals surface area contributed by atoms with Gasteiger partial charge in [0.1, 0.15) is 6.04 Å². The first-order valence-electron chi connectivity index (χ1n) is 7.04. The number of hydrogen-bond donors (Lipinski definition) is 2. The van der Waals surface area contributed by atoms with Crippen LogP contribution in [0.2, 0.25) is 5.02 Å². The fourth-order valence-corrected chi connectivity index (χ4v) is 3.00. The number of benzene rings is 2. The van der Waals surface area contributed by atoms with Crippen molar-refractivity contribution in [2.45, 2.75) is 23.1 Å². The van der Waals surface area contributed by atoms with Gasteiger partial charge in [0.05, 0.1) is 5.25 Å². The van der Waals surface area contributed by atoms with Crippen molar-refractivity contribution in [1.29, 1.82) is 0 Å². The molecular weight excluding hydrogens is 332 g/mol. The Balaban J connectivity index is 2.03. The molecule has 6 heteroatoms. The lowest BCUT2D eigenvalue weighted by Gasteiger charge is -2.18. The fourth-order valence-electron chi connectivity index (χ4n) is 1.99. The first-order chi connectivity index (χ1) is 11.0. The molecule has 2 atom stereocenters. The lowest BCUT2D eigenvalue weighted by atomic mass is 10.1. The molecule has 2 rings (SSSR count). The summed E-state index contributed by atoms with van der Waals surface area (Å²) in [4.78, 5) is 24.9. The van der Waals surface area contributed by atoms with Crippen molar-refractivity contribution in [3.05, 3.63) is 65.2 Å². The molecule has 0 aliphatic rings. The molecule has 0 heterocycles. The molecule has 0 aromatic heterocycles. The molecule has 3 N–H and O–H groups in total. The molecule has 2 aromatic carbocycles. The number of rotatable bonds is 6. The number of hydrogen-bond acceptors (Lipinski definition) is 3. The van der Waals surface area contributed by atoms with Crippen LogP contribution in [0.4, 0.5) is 0 Å². The Bertz CT molecular complexity index is 677. The Hall–Kier alpha value is -1.98.